The molecule has 4 rings (SSSR count). The van der Waals surface area contributed by atoms with Gasteiger partial charge in [0.25, 0.3) is 0 Å². The van der Waals surface area contributed by atoms with Crippen LogP contribution >= 0.6 is 0 Å². The fourth-order valence-corrected chi connectivity index (χ4v) is 6.22. The third kappa shape index (κ3) is 4.82. The maximum atomic E-state index is 2.43. The number of hydrogen-bond donors (Lipinski definition) is 0. The Labute approximate surface area is 219 Å². The number of benzene rings is 4. The highest BCUT2D eigenvalue weighted by molar-refractivity contribution is 6.07. The zero-order valence-corrected chi connectivity index (χ0v) is 23.5. The molecule has 0 saturated carbocycles. The molecule has 0 aliphatic rings. The second-order valence-electron chi connectivity index (χ2n) is 10.5. The first-order valence-corrected chi connectivity index (χ1v) is 14.2. The molecule has 0 fully saturated rings. The third-order valence-corrected chi connectivity index (χ3v) is 9.32. The van der Waals surface area contributed by atoms with Crippen LogP contribution in [0.5, 0.6) is 0 Å². The largest absolute Gasteiger partial charge is 0.321 e. The van der Waals surface area contributed by atoms with Crippen molar-refractivity contribution >= 4 is 21.5 Å². The fourth-order valence-electron chi connectivity index (χ4n) is 6.22. The van der Waals surface area contributed by atoms with Gasteiger partial charge in [-0.25, -0.2) is 0 Å². The van der Waals surface area contributed by atoms with Gasteiger partial charge in [-0.2, -0.15) is 0 Å². The molecule has 2 nitrogen and oxygen atoms in total. The van der Waals surface area contributed by atoms with E-state index in [1.165, 1.54) is 43.8 Å². The predicted octanol–water partition coefficient (Wildman–Crippen LogP) is 8.41. The Hall–Kier alpha value is -2.68. The summed E-state index contributed by atoms with van der Waals surface area (Å²) in [6, 6.07) is 27.6. The van der Waals surface area contributed by atoms with Crippen molar-refractivity contribution in [3.63, 3.8) is 0 Å². The van der Waals surface area contributed by atoms with E-state index in [0.717, 1.165) is 61.3 Å². The maximum Gasteiger partial charge on any atom is 0.105 e. The third-order valence-electron chi connectivity index (χ3n) is 9.32. The van der Waals surface area contributed by atoms with Crippen LogP contribution in [0.4, 0.5) is 0 Å². The Morgan fingerprint density at radius 3 is 1.08 bits per heavy atom. The highest BCUT2D eigenvalue weighted by Gasteiger charge is 2.28. The van der Waals surface area contributed by atoms with E-state index >= 15 is 0 Å². The number of fused-ring (bicyclic) bond motifs is 2. The molecule has 0 N–H and O–H groups in total. The molecule has 0 unspecified atom stereocenters. The summed E-state index contributed by atoms with van der Waals surface area (Å²) in [7, 11) is 0. The van der Waals surface area contributed by atoms with Crippen molar-refractivity contribution in [1.82, 2.24) is 0 Å². The molecule has 2 heteroatoms. The molecular weight excluding hydrogens is 436 g/mol. The molecule has 4 aromatic rings. The van der Waals surface area contributed by atoms with Crippen molar-refractivity contribution in [1.29, 1.82) is 0 Å². The SMILES string of the molecule is CC[N+](CC)(CC)Cc1ccc2ccccc2c1-c1c(C[N+](CC)(CC)CC)ccc2ccccc12. The van der Waals surface area contributed by atoms with Gasteiger partial charge in [-0.05, 0) is 74.2 Å². The van der Waals surface area contributed by atoms with Gasteiger partial charge in [0.05, 0.1) is 39.3 Å². The Kier molecular flexibility index (Phi) is 8.17. The molecule has 0 heterocycles. The molecule has 0 bridgehead atoms. The van der Waals surface area contributed by atoms with Crippen molar-refractivity contribution < 1.29 is 8.97 Å². The average Bonchev–Trinajstić information content (AvgIpc) is 2.94. The van der Waals surface area contributed by atoms with E-state index in [1.807, 2.05) is 0 Å². The van der Waals surface area contributed by atoms with E-state index < -0.39 is 0 Å². The van der Waals surface area contributed by atoms with Crippen LogP contribution < -0.4 is 0 Å². The van der Waals surface area contributed by atoms with Crippen LogP contribution in [-0.4, -0.2) is 48.2 Å². The molecular formula is C34H46N2+2. The highest BCUT2D eigenvalue weighted by Crippen LogP contribution is 2.41. The molecule has 0 aromatic heterocycles. The lowest BCUT2D eigenvalue weighted by Crippen LogP contribution is -2.47. The molecule has 4 aromatic carbocycles. The van der Waals surface area contributed by atoms with Crippen LogP contribution in [0.3, 0.4) is 0 Å². The van der Waals surface area contributed by atoms with E-state index in [0.29, 0.717) is 0 Å². The second kappa shape index (κ2) is 11.2. The van der Waals surface area contributed by atoms with Gasteiger partial charge in [0.15, 0.2) is 0 Å². The lowest BCUT2D eigenvalue weighted by molar-refractivity contribution is -0.936. The molecule has 190 valence electrons. The lowest BCUT2D eigenvalue weighted by atomic mass is 9.86. The van der Waals surface area contributed by atoms with Gasteiger partial charge in [0, 0.05) is 11.1 Å². The minimum Gasteiger partial charge on any atom is -0.321 e. The van der Waals surface area contributed by atoms with E-state index in [4.69, 9.17) is 0 Å². The minimum absolute atomic E-state index is 1.07. The zero-order chi connectivity index (χ0) is 25.8. The molecule has 0 amide bonds. The zero-order valence-electron chi connectivity index (χ0n) is 23.5. The Bertz CT molecular complexity index is 1190. The Morgan fingerprint density at radius 1 is 0.417 bits per heavy atom. The summed E-state index contributed by atoms with van der Waals surface area (Å²) in [6.45, 7) is 23.2. The molecule has 0 spiro atoms. The van der Waals surface area contributed by atoms with Gasteiger partial charge in [0.2, 0.25) is 0 Å². The quantitative estimate of drug-likeness (QED) is 0.188. The minimum atomic E-state index is 1.07. The Balaban J connectivity index is 2.09. The topological polar surface area (TPSA) is 0 Å². The number of hydrogen-bond acceptors (Lipinski definition) is 0. The smallest absolute Gasteiger partial charge is 0.105 e. The van der Waals surface area contributed by atoms with Crippen molar-refractivity contribution in [2.24, 2.45) is 0 Å². The summed E-state index contributed by atoms with van der Waals surface area (Å²) in [5.74, 6) is 0. The number of rotatable bonds is 11. The lowest BCUT2D eigenvalue weighted by Gasteiger charge is -2.38. The maximum absolute atomic E-state index is 2.43. The van der Waals surface area contributed by atoms with Crippen LogP contribution in [0.1, 0.15) is 52.7 Å². The molecule has 0 atom stereocenters. The molecule has 0 saturated heterocycles. The monoisotopic (exact) mass is 482 g/mol. The second-order valence-corrected chi connectivity index (χ2v) is 10.5. The fraction of sp³-hybridized carbons (Fsp3) is 0.412. The summed E-state index contributed by atoms with van der Waals surface area (Å²) in [5, 5.41) is 5.44. The summed E-state index contributed by atoms with van der Waals surface area (Å²) in [6.07, 6.45) is 0. The normalized spacial score (nSPS) is 12.5. The van der Waals surface area contributed by atoms with E-state index in [2.05, 4.69) is 114 Å². The first-order chi connectivity index (χ1) is 17.5. The summed E-state index contributed by atoms with van der Waals surface area (Å²) >= 11 is 0. The summed E-state index contributed by atoms with van der Waals surface area (Å²) in [4.78, 5) is 0. The van der Waals surface area contributed by atoms with Crippen LogP contribution in [0, 0.1) is 0 Å². The van der Waals surface area contributed by atoms with Crippen LogP contribution in [0.25, 0.3) is 32.7 Å². The number of quaternary nitrogens is 2. The molecule has 0 radical (unpaired) electrons. The first kappa shape index (κ1) is 26.4. The molecule has 0 aliphatic heterocycles. The van der Waals surface area contributed by atoms with Gasteiger partial charge in [0.1, 0.15) is 13.1 Å². The predicted molar refractivity (Wildman–Crippen MR) is 158 cm³/mol. The van der Waals surface area contributed by atoms with Gasteiger partial charge in [-0.3, -0.25) is 0 Å². The first-order valence-electron chi connectivity index (χ1n) is 14.2. The summed E-state index contributed by atoms with van der Waals surface area (Å²) < 4.78 is 2.23. The standard InChI is InChI=1S/C34H46N2/c1-7-35(8-2,9-3)25-29-23-21-27-17-13-15-19-31(27)33(29)34-30(26-36(10-4,11-5)12-6)24-22-28-18-14-16-20-32(28)34/h13-24H,7-12,25-26H2,1-6H3/q+2. The average molecular weight is 483 g/mol. The van der Waals surface area contributed by atoms with Gasteiger partial charge in [-0.15, -0.1) is 0 Å². The highest BCUT2D eigenvalue weighted by atomic mass is 15.3. The number of nitrogens with zero attached hydrogens (tertiary/aromatic N) is 2. The van der Waals surface area contributed by atoms with E-state index in [1.54, 1.807) is 0 Å². The molecule has 36 heavy (non-hydrogen) atoms. The van der Waals surface area contributed by atoms with E-state index in [-0.39, 0.29) is 0 Å². The van der Waals surface area contributed by atoms with Crippen LogP contribution in [0.15, 0.2) is 72.8 Å². The van der Waals surface area contributed by atoms with Crippen molar-refractivity contribution in [3.8, 4) is 11.1 Å². The summed E-state index contributed by atoms with van der Waals surface area (Å²) in [5.41, 5.74) is 5.89. The van der Waals surface area contributed by atoms with E-state index in [9.17, 15) is 0 Å². The van der Waals surface area contributed by atoms with Gasteiger partial charge in [-0.1, -0.05) is 72.8 Å². The van der Waals surface area contributed by atoms with Crippen molar-refractivity contribution in [3.05, 3.63) is 83.9 Å². The van der Waals surface area contributed by atoms with Crippen molar-refractivity contribution in [2.75, 3.05) is 39.3 Å². The van der Waals surface area contributed by atoms with Crippen molar-refractivity contribution in [2.45, 2.75) is 54.6 Å². The van der Waals surface area contributed by atoms with Crippen LogP contribution in [0.2, 0.25) is 0 Å². The Morgan fingerprint density at radius 2 is 0.750 bits per heavy atom. The van der Waals surface area contributed by atoms with Gasteiger partial charge >= 0.3 is 0 Å². The van der Waals surface area contributed by atoms with Gasteiger partial charge < -0.3 is 8.97 Å². The van der Waals surface area contributed by atoms with Crippen LogP contribution in [-0.2, 0) is 13.1 Å². The molecule has 0 aliphatic carbocycles.